The maximum absolute atomic E-state index is 13.3. The normalized spacial score (nSPS) is 24.2. The van der Waals surface area contributed by atoms with Crippen LogP contribution in [0, 0.1) is 5.92 Å². The van der Waals surface area contributed by atoms with Crippen LogP contribution in [0.4, 0.5) is 0 Å². The first-order valence-corrected chi connectivity index (χ1v) is 11.3. The fourth-order valence-electron chi connectivity index (χ4n) is 5.02. The van der Waals surface area contributed by atoms with Crippen molar-refractivity contribution in [2.75, 3.05) is 5.75 Å². The van der Waals surface area contributed by atoms with Crippen LogP contribution in [0.3, 0.4) is 0 Å². The summed E-state index contributed by atoms with van der Waals surface area (Å²) in [5.41, 5.74) is 1.79. The van der Waals surface area contributed by atoms with Crippen molar-refractivity contribution >= 4 is 23.6 Å². The van der Waals surface area contributed by atoms with Gasteiger partial charge in [-0.15, -0.1) is 11.8 Å². The molecule has 2 amide bonds. The van der Waals surface area contributed by atoms with Gasteiger partial charge in [0.1, 0.15) is 4.75 Å². The monoisotopic (exact) mass is 409 g/mol. The van der Waals surface area contributed by atoms with Crippen LogP contribution >= 0.6 is 11.8 Å². The Morgan fingerprint density at radius 3 is 2.03 bits per heavy atom. The van der Waals surface area contributed by atoms with Crippen molar-refractivity contribution in [1.29, 1.82) is 0 Å². The Bertz CT molecular complexity index is 812. The Kier molecular flexibility index (Phi) is 6.52. The van der Waals surface area contributed by atoms with Gasteiger partial charge in [-0.1, -0.05) is 94.3 Å². The van der Waals surface area contributed by atoms with Gasteiger partial charge in [0.05, 0.1) is 5.92 Å². The lowest BCUT2D eigenvalue weighted by Gasteiger charge is -2.59. The molecule has 2 aromatic carbocycles. The zero-order valence-electron chi connectivity index (χ0n) is 16.3. The van der Waals surface area contributed by atoms with Crippen LogP contribution in [-0.4, -0.2) is 22.3 Å². The number of nitrogens with one attached hydrogen (secondary N) is 1. The summed E-state index contributed by atoms with van der Waals surface area (Å²) in [6.07, 6.45) is 5.33. The average Bonchev–Trinajstić information content (AvgIpc) is 2.90. The minimum Gasteiger partial charge on any atom is -0.295 e. The van der Waals surface area contributed by atoms with Gasteiger partial charge in [0, 0.05) is 5.41 Å². The summed E-state index contributed by atoms with van der Waals surface area (Å²) in [5, 5.41) is 2.67. The molecule has 0 bridgehead atoms. The second-order valence-electron chi connectivity index (χ2n) is 7.86. The van der Waals surface area contributed by atoms with Crippen molar-refractivity contribution in [3.05, 3.63) is 71.8 Å². The molecule has 0 radical (unpaired) electrons. The van der Waals surface area contributed by atoms with E-state index < -0.39 is 10.2 Å². The molecule has 29 heavy (non-hydrogen) atoms. The van der Waals surface area contributed by atoms with Crippen LogP contribution < -0.4 is 5.32 Å². The molecule has 0 aromatic heterocycles. The van der Waals surface area contributed by atoms with Crippen LogP contribution in [-0.2, 0) is 15.0 Å². The number of rotatable bonds is 8. The van der Waals surface area contributed by atoms with Gasteiger partial charge in [0.2, 0.25) is 11.8 Å². The number of carbonyl (C=O) groups is 2. The highest BCUT2D eigenvalue weighted by Crippen LogP contribution is 2.67. The maximum atomic E-state index is 13.3. The minimum atomic E-state index is -0.751. The Labute approximate surface area is 178 Å². The Morgan fingerprint density at radius 2 is 1.52 bits per heavy atom. The minimum absolute atomic E-state index is 0. The van der Waals surface area contributed by atoms with Gasteiger partial charge in [-0.2, -0.15) is 0 Å². The highest BCUT2D eigenvalue weighted by Gasteiger charge is 2.76. The molecule has 2 aliphatic rings. The van der Waals surface area contributed by atoms with E-state index in [1.54, 1.807) is 11.8 Å². The molecule has 4 heteroatoms. The lowest BCUT2D eigenvalue weighted by atomic mass is 9.48. The molecule has 3 nitrogen and oxygen atoms in total. The molecular formula is C25H31NO2S. The topological polar surface area (TPSA) is 46.2 Å². The smallest absolute Gasteiger partial charge is 0.244 e. The molecule has 0 spiro atoms. The Morgan fingerprint density at radius 1 is 0.931 bits per heavy atom. The predicted molar refractivity (Wildman–Crippen MR) is 121 cm³/mol. The number of carbonyl (C=O) groups excluding carboxylic acids is 2. The summed E-state index contributed by atoms with van der Waals surface area (Å²) in [6.45, 7) is 2.20. The third-order valence-corrected chi connectivity index (χ3v) is 8.15. The molecule has 1 aliphatic carbocycles. The fourth-order valence-corrected chi connectivity index (χ4v) is 6.83. The average molecular weight is 410 g/mol. The summed E-state index contributed by atoms with van der Waals surface area (Å²) >= 11 is 1.71. The van der Waals surface area contributed by atoms with E-state index in [-0.39, 0.29) is 25.2 Å². The summed E-state index contributed by atoms with van der Waals surface area (Å²) < 4.78 is -0.751. The lowest BCUT2D eigenvalue weighted by Crippen LogP contribution is -2.67. The van der Waals surface area contributed by atoms with E-state index in [0.717, 1.165) is 23.3 Å². The molecule has 1 N–H and O–H groups in total. The number of thioether (sulfide) groups is 1. The fraction of sp³-hybridized carbons (Fsp3) is 0.440. The number of hydrogen-bond acceptors (Lipinski definition) is 3. The number of imide groups is 1. The Hall–Kier alpha value is -2.07. The van der Waals surface area contributed by atoms with Crippen LogP contribution in [0.5, 0.6) is 0 Å². The number of amides is 2. The maximum Gasteiger partial charge on any atom is 0.244 e. The first kappa shape index (κ1) is 21.6. The molecule has 2 aromatic rings. The van der Waals surface area contributed by atoms with Gasteiger partial charge in [-0.3, -0.25) is 14.9 Å². The molecule has 1 saturated heterocycles. The van der Waals surface area contributed by atoms with Crippen molar-refractivity contribution in [3.8, 4) is 0 Å². The van der Waals surface area contributed by atoms with Crippen LogP contribution in [0.25, 0.3) is 0 Å². The van der Waals surface area contributed by atoms with E-state index in [1.165, 1.54) is 19.3 Å². The third-order valence-electron chi connectivity index (χ3n) is 6.39. The van der Waals surface area contributed by atoms with Crippen molar-refractivity contribution in [1.82, 2.24) is 5.32 Å². The molecule has 2 atom stereocenters. The summed E-state index contributed by atoms with van der Waals surface area (Å²) in [4.78, 5) is 25.9. The summed E-state index contributed by atoms with van der Waals surface area (Å²) in [7, 11) is 0. The highest BCUT2D eigenvalue weighted by atomic mass is 32.2. The van der Waals surface area contributed by atoms with Gasteiger partial charge in [-0.25, -0.2) is 0 Å². The van der Waals surface area contributed by atoms with Crippen molar-refractivity contribution in [3.63, 3.8) is 0 Å². The van der Waals surface area contributed by atoms with E-state index >= 15 is 0 Å². The number of unbranched alkanes of at least 4 members (excludes halogenated alkanes) is 3. The molecule has 1 heterocycles. The molecule has 1 saturated carbocycles. The predicted octanol–water partition coefficient (Wildman–Crippen LogP) is 5.34. The number of benzene rings is 2. The highest BCUT2D eigenvalue weighted by molar-refractivity contribution is 8.01. The van der Waals surface area contributed by atoms with Crippen LogP contribution in [0.2, 0.25) is 0 Å². The van der Waals surface area contributed by atoms with Gasteiger partial charge in [0.15, 0.2) is 0 Å². The first-order chi connectivity index (χ1) is 13.7. The van der Waals surface area contributed by atoms with Gasteiger partial charge >= 0.3 is 0 Å². The molecular weight excluding hydrogens is 378 g/mol. The van der Waals surface area contributed by atoms with Crippen LogP contribution in [0.1, 0.15) is 57.6 Å². The number of hydrogen-bond donors (Lipinski definition) is 1. The molecule has 0 unspecified atom stereocenters. The summed E-state index contributed by atoms with van der Waals surface area (Å²) in [6, 6.07) is 20.6. The van der Waals surface area contributed by atoms with E-state index in [0.29, 0.717) is 6.42 Å². The number of fused-ring (bicyclic) bond motifs is 1. The van der Waals surface area contributed by atoms with Gasteiger partial charge < -0.3 is 0 Å². The zero-order chi connectivity index (χ0) is 19.6. The Balaban J connectivity index is 0.00000240. The van der Waals surface area contributed by atoms with E-state index in [1.807, 2.05) is 36.4 Å². The van der Waals surface area contributed by atoms with Crippen molar-refractivity contribution in [2.45, 2.75) is 56.6 Å². The second kappa shape index (κ2) is 8.74. The van der Waals surface area contributed by atoms with Crippen molar-refractivity contribution in [2.24, 2.45) is 5.92 Å². The standard InChI is InChI=1S/C24H27NO2S.CH4/c1-2-3-4-11-16-28-24-20(21(26)25-22(24)27)17-23(24,18-12-7-5-8-13-18)19-14-9-6-10-15-19;/h5-10,12-15,20H,2-4,11,16-17H2,1H3,(H,25,26,27);1H4/t20-,24+;/m1./s1. The molecule has 2 fully saturated rings. The first-order valence-electron chi connectivity index (χ1n) is 10.3. The molecule has 1 aliphatic heterocycles. The van der Waals surface area contributed by atoms with Crippen molar-refractivity contribution < 1.29 is 9.59 Å². The third kappa shape index (κ3) is 3.22. The second-order valence-corrected chi connectivity index (χ2v) is 9.20. The zero-order valence-corrected chi connectivity index (χ0v) is 17.1. The van der Waals surface area contributed by atoms with E-state index in [9.17, 15) is 9.59 Å². The quantitative estimate of drug-likeness (QED) is 0.473. The van der Waals surface area contributed by atoms with Crippen LogP contribution in [0.15, 0.2) is 60.7 Å². The lowest BCUT2D eigenvalue weighted by molar-refractivity contribution is -0.125. The molecule has 154 valence electrons. The molecule has 4 rings (SSSR count). The van der Waals surface area contributed by atoms with Gasteiger partial charge in [0.25, 0.3) is 0 Å². The van der Waals surface area contributed by atoms with Gasteiger partial charge in [-0.05, 0) is 29.7 Å². The summed E-state index contributed by atoms with van der Waals surface area (Å²) in [5.74, 6) is 0.436. The van der Waals surface area contributed by atoms with E-state index in [2.05, 4.69) is 36.5 Å². The van der Waals surface area contributed by atoms with E-state index in [4.69, 9.17) is 0 Å². The SMILES string of the molecule is C.CCCCCCS[C@]12C(=O)NC(=O)[C@H]1CC2(c1ccccc1)c1ccccc1. The largest absolute Gasteiger partial charge is 0.295 e.